The second kappa shape index (κ2) is 7.50. The number of anilines is 1. The van der Waals surface area contributed by atoms with Gasteiger partial charge in [0.05, 0.1) is 7.11 Å². The molecule has 0 heterocycles. The molecule has 0 aromatic heterocycles. The summed E-state index contributed by atoms with van der Waals surface area (Å²) < 4.78 is 6.09. The molecule has 4 nitrogen and oxygen atoms in total. The highest BCUT2D eigenvalue weighted by molar-refractivity contribution is 9.10. The zero-order valence-electron chi connectivity index (χ0n) is 11.5. The first-order valence-corrected chi connectivity index (χ1v) is 7.10. The van der Waals surface area contributed by atoms with Gasteiger partial charge in [0.15, 0.2) is 0 Å². The summed E-state index contributed by atoms with van der Waals surface area (Å²) in [6.45, 7) is 0. The predicted molar refractivity (Wildman–Crippen MR) is 88.3 cm³/mol. The highest BCUT2D eigenvalue weighted by Gasteiger charge is 2.00. The van der Waals surface area contributed by atoms with Crippen LogP contribution in [0.3, 0.4) is 0 Å². The van der Waals surface area contributed by atoms with Gasteiger partial charge in [-0.15, -0.1) is 0 Å². The monoisotopic (exact) mass is 346 g/mol. The molecule has 0 aliphatic heterocycles. The molecule has 2 amide bonds. The van der Waals surface area contributed by atoms with E-state index in [-0.39, 0.29) is 6.03 Å². The molecule has 21 heavy (non-hydrogen) atoms. The number of amides is 2. The molecular formula is C16H15BrN2O2. The van der Waals surface area contributed by atoms with Crippen molar-refractivity contribution < 1.29 is 9.53 Å². The van der Waals surface area contributed by atoms with Gasteiger partial charge in [-0.25, -0.2) is 4.79 Å². The van der Waals surface area contributed by atoms with Gasteiger partial charge in [0.25, 0.3) is 0 Å². The van der Waals surface area contributed by atoms with E-state index in [1.807, 2.05) is 42.5 Å². The maximum Gasteiger partial charge on any atom is 0.323 e. The van der Waals surface area contributed by atoms with Crippen LogP contribution >= 0.6 is 15.9 Å². The fourth-order valence-corrected chi connectivity index (χ4v) is 2.11. The molecular weight excluding hydrogens is 332 g/mol. The van der Waals surface area contributed by atoms with E-state index >= 15 is 0 Å². The van der Waals surface area contributed by atoms with E-state index in [2.05, 4.69) is 26.6 Å². The first kappa shape index (κ1) is 15.1. The Morgan fingerprint density at radius 3 is 2.76 bits per heavy atom. The van der Waals surface area contributed by atoms with E-state index in [0.717, 1.165) is 10.0 Å². The topological polar surface area (TPSA) is 50.4 Å². The number of methoxy groups -OCH3 is 1. The number of rotatable bonds is 4. The van der Waals surface area contributed by atoms with Crippen LogP contribution in [0.1, 0.15) is 5.56 Å². The number of hydrogen-bond acceptors (Lipinski definition) is 2. The van der Waals surface area contributed by atoms with Crippen LogP contribution in [0.2, 0.25) is 0 Å². The third-order valence-electron chi connectivity index (χ3n) is 2.67. The molecule has 0 atom stereocenters. The first-order valence-electron chi connectivity index (χ1n) is 6.31. The molecule has 2 rings (SSSR count). The van der Waals surface area contributed by atoms with Gasteiger partial charge in [0.2, 0.25) is 0 Å². The van der Waals surface area contributed by atoms with E-state index in [9.17, 15) is 4.79 Å². The van der Waals surface area contributed by atoms with Crippen molar-refractivity contribution in [3.05, 3.63) is 64.8 Å². The second-order valence-electron chi connectivity index (χ2n) is 4.22. The van der Waals surface area contributed by atoms with Gasteiger partial charge in [0, 0.05) is 22.4 Å². The highest BCUT2D eigenvalue weighted by atomic mass is 79.9. The number of hydrogen-bond donors (Lipinski definition) is 2. The Morgan fingerprint density at radius 1 is 1.19 bits per heavy atom. The summed E-state index contributed by atoms with van der Waals surface area (Å²) in [4.78, 5) is 11.7. The lowest BCUT2D eigenvalue weighted by atomic mass is 10.2. The van der Waals surface area contributed by atoms with Gasteiger partial charge in [-0.2, -0.15) is 0 Å². The van der Waals surface area contributed by atoms with Crippen molar-refractivity contribution in [1.29, 1.82) is 0 Å². The van der Waals surface area contributed by atoms with Crippen molar-refractivity contribution in [3.8, 4) is 5.75 Å². The molecule has 0 fully saturated rings. The summed E-state index contributed by atoms with van der Waals surface area (Å²) in [6, 6.07) is 14.6. The number of carbonyl (C=O) groups is 1. The van der Waals surface area contributed by atoms with Gasteiger partial charge in [-0.05, 0) is 35.9 Å². The van der Waals surface area contributed by atoms with Gasteiger partial charge < -0.3 is 15.4 Å². The summed E-state index contributed by atoms with van der Waals surface area (Å²) in [5, 5.41) is 5.37. The van der Waals surface area contributed by atoms with E-state index in [1.165, 1.54) is 0 Å². The Bertz CT molecular complexity index is 656. The van der Waals surface area contributed by atoms with Gasteiger partial charge in [0.1, 0.15) is 5.75 Å². The Morgan fingerprint density at radius 2 is 2.00 bits per heavy atom. The van der Waals surface area contributed by atoms with E-state index in [1.54, 1.807) is 25.4 Å². The lowest BCUT2D eigenvalue weighted by Gasteiger charge is -2.06. The first-order chi connectivity index (χ1) is 10.2. The molecule has 2 aromatic carbocycles. The number of benzene rings is 2. The third kappa shape index (κ3) is 4.96. The van der Waals surface area contributed by atoms with Crippen molar-refractivity contribution in [1.82, 2.24) is 5.32 Å². The number of nitrogens with one attached hydrogen (secondary N) is 2. The molecule has 0 spiro atoms. The Kier molecular flexibility index (Phi) is 5.40. The lowest BCUT2D eigenvalue weighted by molar-refractivity contribution is 0.255. The quantitative estimate of drug-likeness (QED) is 0.869. The van der Waals surface area contributed by atoms with Gasteiger partial charge in [-0.1, -0.05) is 34.1 Å². The summed E-state index contributed by atoms with van der Waals surface area (Å²) in [6.07, 6.45) is 3.41. The Hall–Kier alpha value is -2.27. The van der Waals surface area contributed by atoms with Crippen LogP contribution in [0.15, 0.2) is 59.2 Å². The molecule has 0 bridgehead atoms. The maximum atomic E-state index is 11.7. The summed E-state index contributed by atoms with van der Waals surface area (Å²) in [5.41, 5.74) is 1.66. The van der Waals surface area contributed by atoms with Gasteiger partial charge in [-0.3, -0.25) is 0 Å². The summed E-state index contributed by atoms with van der Waals surface area (Å²) >= 11 is 3.40. The summed E-state index contributed by atoms with van der Waals surface area (Å²) in [5.74, 6) is 0.692. The highest BCUT2D eigenvalue weighted by Crippen LogP contribution is 2.16. The molecule has 0 aliphatic rings. The molecule has 2 N–H and O–H groups in total. The molecule has 0 saturated heterocycles. The molecule has 0 aliphatic carbocycles. The van der Waals surface area contributed by atoms with Crippen LogP contribution in [0, 0.1) is 0 Å². The van der Waals surface area contributed by atoms with Crippen molar-refractivity contribution in [2.75, 3.05) is 12.4 Å². The van der Waals surface area contributed by atoms with Crippen LogP contribution in [0.4, 0.5) is 10.5 Å². The SMILES string of the molecule is COc1cccc(NC(=O)N/C=C/c2cccc(Br)c2)c1. The average molecular weight is 347 g/mol. The molecule has 108 valence electrons. The normalized spacial score (nSPS) is 10.4. The van der Waals surface area contributed by atoms with Crippen LogP contribution < -0.4 is 15.4 Å². The Balaban J connectivity index is 1.90. The van der Waals surface area contributed by atoms with Crippen molar-refractivity contribution >= 4 is 33.7 Å². The molecule has 2 aromatic rings. The van der Waals surface area contributed by atoms with E-state index in [4.69, 9.17) is 4.74 Å². The number of halogens is 1. The fourth-order valence-electron chi connectivity index (χ4n) is 1.69. The molecule has 5 heteroatoms. The third-order valence-corrected chi connectivity index (χ3v) is 3.16. The molecule has 0 saturated carbocycles. The minimum Gasteiger partial charge on any atom is -0.497 e. The lowest BCUT2D eigenvalue weighted by Crippen LogP contribution is -2.23. The fraction of sp³-hybridized carbons (Fsp3) is 0.0625. The van der Waals surface area contributed by atoms with Crippen LogP contribution in [-0.2, 0) is 0 Å². The number of carbonyl (C=O) groups excluding carboxylic acids is 1. The zero-order chi connectivity index (χ0) is 15.1. The van der Waals surface area contributed by atoms with Crippen LogP contribution in [0.25, 0.3) is 6.08 Å². The van der Waals surface area contributed by atoms with Gasteiger partial charge >= 0.3 is 6.03 Å². The Labute approximate surface area is 132 Å². The predicted octanol–water partition coefficient (Wildman–Crippen LogP) is 4.25. The summed E-state index contributed by atoms with van der Waals surface area (Å²) in [7, 11) is 1.58. The zero-order valence-corrected chi connectivity index (χ0v) is 13.1. The minimum absolute atomic E-state index is 0.311. The van der Waals surface area contributed by atoms with E-state index < -0.39 is 0 Å². The van der Waals surface area contributed by atoms with Crippen LogP contribution in [-0.4, -0.2) is 13.1 Å². The maximum absolute atomic E-state index is 11.7. The van der Waals surface area contributed by atoms with Crippen molar-refractivity contribution in [2.24, 2.45) is 0 Å². The average Bonchev–Trinajstić information content (AvgIpc) is 2.47. The number of ether oxygens (including phenoxy) is 1. The van der Waals surface area contributed by atoms with Crippen molar-refractivity contribution in [3.63, 3.8) is 0 Å². The smallest absolute Gasteiger partial charge is 0.323 e. The number of urea groups is 1. The standard InChI is InChI=1S/C16H15BrN2O2/c1-21-15-7-3-6-14(11-15)19-16(20)18-9-8-12-4-2-5-13(17)10-12/h2-11H,1H3,(H2,18,19,20)/b9-8+. The van der Waals surface area contributed by atoms with Crippen LogP contribution in [0.5, 0.6) is 5.75 Å². The molecule has 0 unspecified atom stereocenters. The minimum atomic E-state index is -0.311. The van der Waals surface area contributed by atoms with E-state index in [0.29, 0.717) is 11.4 Å². The van der Waals surface area contributed by atoms with Crippen molar-refractivity contribution in [2.45, 2.75) is 0 Å². The second-order valence-corrected chi connectivity index (χ2v) is 5.13. The largest absolute Gasteiger partial charge is 0.497 e. The molecule has 0 radical (unpaired) electrons.